The number of ketones is 1. The zero-order valence-corrected chi connectivity index (χ0v) is 12.5. The van der Waals surface area contributed by atoms with Crippen LogP contribution in [0.25, 0.3) is 0 Å². The van der Waals surface area contributed by atoms with Crippen molar-refractivity contribution in [3.63, 3.8) is 0 Å². The van der Waals surface area contributed by atoms with E-state index in [1.165, 1.54) is 19.3 Å². The Labute approximate surface area is 121 Å². The molecule has 0 spiro atoms. The molecule has 1 aliphatic carbocycles. The minimum absolute atomic E-state index is 0.191. The fraction of sp³-hybridized carbons (Fsp3) is 0.588. The molecule has 3 heteroatoms. The van der Waals surface area contributed by atoms with Crippen molar-refractivity contribution in [1.29, 1.82) is 0 Å². The predicted molar refractivity (Wildman–Crippen MR) is 79.7 cm³/mol. The maximum atomic E-state index is 12.5. The van der Waals surface area contributed by atoms with Gasteiger partial charge in [-0.15, -0.1) is 0 Å². The molecule has 20 heavy (non-hydrogen) atoms. The number of benzene rings is 1. The zero-order chi connectivity index (χ0) is 14.4. The van der Waals surface area contributed by atoms with Crippen LogP contribution in [0, 0.1) is 5.92 Å². The first-order valence-electron chi connectivity index (χ1n) is 7.61. The van der Waals surface area contributed by atoms with Gasteiger partial charge in [0.15, 0.2) is 17.3 Å². The minimum Gasteiger partial charge on any atom is -0.493 e. The van der Waals surface area contributed by atoms with E-state index in [0.29, 0.717) is 12.4 Å². The average molecular weight is 276 g/mol. The van der Waals surface area contributed by atoms with Crippen LogP contribution in [0.1, 0.15) is 55.8 Å². The lowest BCUT2D eigenvalue weighted by Gasteiger charge is -2.20. The molecule has 0 heterocycles. The summed E-state index contributed by atoms with van der Waals surface area (Å²) in [5.41, 5.74) is 0.748. The molecule has 0 aliphatic heterocycles. The van der Waals surface area contributed by atoms with Crippen molar-refractivity contribution in [3.8, 4) is 11.5 Å². The molecule has 0 N–H and O–H groups in total. The number of carbonyl (C=O) groups excluding carboxylic acids is 1. The minimum atomic E-state index is 0.191. The van der Waals surface area contributed by atoms with Gasteiger partial charge in [-0.1, -0.05) is 26.2 Å². The molecule has 1 aromatic rings. The second-order valence-corrected chi connectivity index (χ2v) is 5.41. The Morgan fingerprint density at radius 2 is 1.95 bits per heavy atom. The van der Waals surface area contributed by atoms with Gasteiger partial charge in [0.2, 0.25) is 0 Å². The van der Waals surface area contributed by atoms with Crippen molar-refractivity contribution < 1.29 is 14.3 Å². The Morgan fingerprint density at radius 1 is 1.20 bits per heavy atom. The van der Waals surface area contributed by atoms with Crippen LogP contribution in [-0.4, -0.2) is 19.5 Å². The zero-order valence-electron chi connectivity index (χ0n) is 12.5. The second-order valence-electron chi connectivity index (χ2n) is 5.41. The molecule has 3 nitrogen and oxygen atoms in total. The summed E-state index contributed by atoms with van der Waals surface area (Å²) in [5.74, 6) is 1.82. The molecule has 1 saturated carbocycles. The van der Waals surface area contributed by atoms with Crippen molar-refractivity contribution in [2.24, 2.45) is 5.92 Å². The van der Waals surface area contributed by atoms with Gasteiger partial charge in [-0.3, -0.25) is 4.79 Å². The van der Waals surface area contributed by atoms with Crippen LogP contribution in [0.2, 0.25) is 0 Å². The van der Waals surface area contributed by atoms with Gasteiger partial charge in [-0.2, -0.15) is 0 Å². The van der Waals surface area contributed by atoms with Crippen LogP contribution < -0.4 is 9.47 Å². The number of Topliss-reactive ketones (excluding diaryl/α,β-unsaturated/α-hetero) is 1. The van der Waals surface area contributed by atoms with Crippen molar-refractivity contribution in [3.05, 3.63) is 23.8 Å². The average Bonchev–Trinajstić information content (AvgIpc) is 2.52. The third-order valence-electron chi connectivity index (χ3n) is 3.89. The first kappa shape index (κ1) is 14.9. The number of rotatable bonds is 6. The van der Waals surface area contributed by atoms with Crippen LogP contribution in [0.15, 0.2) is 18.2 Å². The lowest BCUT2D eigenvalue weighted by atomic mass is 9.84. The number of methoxy groups -OCH3 is 1. The molecule has 1 aliphatic rings. The molecule has 0 aromatic heterocycles. The summed E-state index contributed by atoms with van der Waals surface area (Å²) < 4.78 is 11.0. The van der Waals surface area contributed by atoms with Gasteiger partial charge in [0, 0.05) is 11.5 Å². The van der Waals surface area contributed by atoms with Crippen LogP contribution in [0.5, 0.6) is 11.5 Å². The van der Waals surface area contributed by atoms with Crippen LogP contribution in [0.3, 0.4) is 0 Å². The largest absolute Gasteiger partial charge is 0.493 e. The van der Waals surface area contributed by atoms with E-state index in [1.54, 1.807) is 7.11 Å². The van der Waals surface area contributed by atoms with E-state index in [1.807, 2.05) is 18.2 Å². The van der Waals surface area contributed by atoms with Crippen LogP contribution >= 0.6 is 0 Å². The van der Waals surface area contributed by atoms with Crippen molar-refractivity contribution >= 4 is 5.78 Å². The van der Waals surface area contributed by atoms with E-state index in [9.17, 15) is 4.79 Å². The van der Waals surface area contributed by atoms with E-state index in [2.05, 4.69) is 6.92 Å². The molecule has 1 aromatic carbocycles. The lowest BCUT2D eigenvalue weighted by Crippen LogP contribution is -2.17. The Balaban J connectivity index is 2.13. The van der Waals surface area contributed by atoms with E-state index >= 15 is 0 Å². The van der Waals surface area contributed by atoms with E-state index < -0.39 is 0 Å². The third kappa shape index (κ3) is 3.53. The molecule has 2 rings (SSSR count). The first-order valence-corrected chi connectivity index (χ1v) is 7.61. The summed E-state index contributed by atoms with van der Waals surface area (Å²) in [6, 6.07) is 5.54. The van der Waals surface area contributed by atoms with Gasteiger partial charge in [0.25, 0.3) is 0 Å². The molecule has 110 valence electrons. The summed E-state index contributed by atoms with van der Waals surface area (Å²) in [6.07, 6.45) is 6.60. The van der Waals surface area contributed by atoms with Crippen LogP contribution in [-0.2, 0) is 0 Å². The van der Waals surface area contributed by atoms with Gasteiger partial charge in [0.05, 0.1) is 13.7 Å². The van der Waals surface area contributed by atoms with Crippen molar-refractivity contribution in [1.82, 2.24) is 0 Å². The van der Waals surface area contributed by atoms with Gasteiger partial charge in [-0.05, 0) is 37.5 Å². The molecule has 0 atom stereocenters. The lowest BCUT2D eigenvalue weighted by molar-refractivity contribution is 0.0889. The summed E-state index contributed by atoms with van der Waals surface area (Å²) in [5, 5.41) is 0. The van der Waals surface area contributed by atoms with Crippen LogP contribution in [0.4, 0.5) is 0 Å². The topological polar surface area (TPSA) is 35.5 Å². The number of hydrogen-bond donors (Lipinski definition) is 0. The second kappa shape index (κ2) is 7.32. The monoisotopic (exact) mass is 276 g/mol. The number of carbonyl (C=O) groups is 1. The quantitative estimate of drug-likeness (QED) is 0.729. The molecular weight excluding hydrogens is 252 g/mol. The summed E-state index contributed by atoms with van der Waals surface area (Å²) in [7, 11) is 1.61. The predicted octanol–water partition coefficient (Wildman–Crippen LogP) is 4.25. The van der Waals surface area contributed by atoms with Gasteiger partial charge in [-0.25, -0.2) is 0 Å². The SMILES string of the molecule is CCCOc1ccc(C(=O)C2CCCCC2)cc1OC. The van der Waals surface area contributed by atoms with E-state index in [0.717, 1.165) is 30.6 Å². The summed E-state index contributed by atoms with van der Waals surface area (Å²) in [4.78, 5) is 12.5. The van der Waals surface area contributed by atoms with Gasteiger partial charge >= 0.3 is 0 Å². The van der Waals surface area contributed by atoms with Gasteiger partial charge < -0.3 is 9.47 Å². The molecule has 0 saturated heterocycles. The molecule has 0 radical (unpaired) electrons. The molecular formula is C17H24O3. The maximum Gasteiger partial charge on any atom is 0.166 e. The highest BCUT2D eigenvalue weighted by Crippen LogP contribution is 2.32. The first-order chi connectivity index (χ1) is 9.76. The van der Waals surface area contributed by atoms with Gasteiger partial charge in [0.1, 0.15) is 0 Å². The van der Waals surface area contributed by atoms with E-state index in [4.69, 9.17) is 9.47 Å². The standard InChI is InChI=1S/C17H24O3/c1-3-11-20-15-10-9-14(12-16(15)19-2)17(18)13-7-5-4-6-8-13/h9-10,12-13H,3-8,11H2,1-2H3. The third-order valence-corrected chi connectivity index (χ3v) is 3.89. The Hall–Kier alpha value is -1.51. The van der Waals surface area contributed by atoms with Crippen molar-refractivity contribution in [2.45, 2.75) is 45.4 Å². The normalized spacial score (nSPS) is 15.9. The highest BCUT2D eigenvalue weighted by molar-refractivity contribution is 5.98. The smallest absolute Gasteiger partial charge is 0.166 e. The fourth-order valence-corrected chi connectivity index (χ4v) is 2.75. The summed E-state index contributed by atoms with van der Waals surface area (Å²) >= 11 is 0. The highest BCUT2D eigenvalue weighted by atomic mass is 16.5. The molecule has 0 bridgehead atoms. The Kier molecular flexibility index (Phi) is 5.45. The maximum absolute atomic E-state index is 12.5. The number of ether oxygens (including phenoxy) is 2. The van der Waals surface area contributed by atoms with Crippen molar-refractivity contribution in [2.75, 3.05) is 13.7 Å². The Bertz CT molecular complexity index is 448. The summed E-state index contributed by atoms with van der Waals surface area (Å²) in [6.45, 7) is 2.72. The highest BCUT2D eigenvalue weighted by Gasteiger charge is 2.23. The Morgan fingerprint density at radius 3 is 2.60 bits per heavy atom. The fourth-order valence-electron chi connectivity index (χ4n) is 2.75. The van der Waals surface area contributed by atoms with E-state index in [-0.39, 0.29) is 11.7 Å². The number of hydrogen-bond acceptors (Lipinski definition) is 3. The molecule has 0 amide bonds. The molecule has 1 fully saturated rings. The molecule has 0 unspecified atom stereocenters.